The van der Waals surface area contributed by atoms with Gasteiger partial charge in [-0.05, 0) is 42.0 Å². The number of carbonyl (C=O) groups excluding carboxylic acids is 1. The summed E-state index contributed by atoms with van der Waals surface area (Å²) in [5.41, 5.74) is 0.365. The fraction of sp³-hybridized carbons (Fsp3) is 0.238. The molecule has 0 radical (unpaired) electrons. The Labute approximate surface area is 166 Å². The molecule has 0 saturated carbocycles. The minimum atomic E-state index is -4.37. The number of ether oxygens (including phenoxy) is 1. The second kappa shape index (κ2) is 8.38. The van der Waals surface area contributed by atoms with Crippen LogP contribution in [0.5, 0.6) is 5.75 Å². The Morgan fingerprint density at radius 1 is 1.10 bits per heavy atom. The minimum absolute atomic E-state index is 0.203. The van der Waals surface area contributed by atoms with Crippen molar-refractivity contribution >= 4 is 5.91 Å². The van der Waals surface area contributed by atoms with Crippen LogP contribution >= 0.6 is 0 Å². The Morgan fingerprint density at radius 3 is 2.31 bits per heavy atom. The Morgan fingerprint density at radius 2 is 1.76 bits per heavy atom. The van der Waals surface area contributed by atoms with E-state index in [0.29, 0.717) is 23.5 Å². The minimum Gasteiger partial charge on any atom is -0.486 e. The number of hydrogen-bond donors (Lipinski definition) is 0. The van der Waals surface area contributed by atoms with Crippen LogP contribution in [0.15, 0.2) is 60.9 Å². The van der Waals surface area contributed by atoms with Gasteiger partial charge in [0.15, 0.2) is 0 Å². The van der Waals surface area contributed by atoms with Crippen molar-refractivity contribution in [1.82, 2.24) is 14.5 Å². The maximum Gasteiger partial charge on any atom is 0.416 e. The molecule has 29 heavy (non-hydrogen) atoms. The molecule has 8 heteroatoms. The summed E-state index contributed by atoms with van der Waals surface area (Å²) in [4.78, 5) is 18.2. The van der Waals surface area contributed by atoms with E-state index >= 15 is 0 Å². The number of rotatable bonds is 6. The summed E-state index contributed by atoms with van der Waals surface area (Å²) in [5, 5.41) is 0. The van der Waals surface area contributed by atoms with E-state index in [4.69, 9.17) is 4.74 Å². The molecule has 0 aliphatic heterocycles. The van der Waals surface area contributed by atoms with Crippen LogP contribution in [-0.4, -0.2) is 27.4 Å². The van der Waals surface area contributed by atoms with E-state index in [0.717, 1.165) is 18.0 Å². The molecule has 1 aromatic heterocycles. The number of aromatic nitrogens is 2. The predicted molar refractivity (Wildman–Crippen MR) is 101 cm³/mol. The van der Waals surface area contributed by atoms with Crippen LogP contribution in [0.25, 0.3) is 0 Å². The molecule has 0 bridgehead atoms. The Balaban J connectivity index is 1.58. The van der Waals surface area contributed by atoms with Gasteiger partial charge in [-0.2, -0.15) is 13.2 Å². The average Bonchev–Trinajstić information content (AvgIpc) is 3.10. The van der Waals surface area contributed by atoms with Crippen molar-refractivity contribution in [2.75, 3.05) is 7.05 Å². The van der Waals surface area contributed by atoms with Crippen LogP contribution in [0.3, 0.4) is 0 Å². The first-order chi connectivity index (χ1) is 13.7. The van der Waals surface area contributed by atoms with Gasteiger partial charge in [0.1, 0.15) is 18.2 Å². The van der Waals surface area contributed by atoms with E-state index in [9.17, 15) is 18.0 Å². The van der Waals surface area contributed by atoms with Gasteiger partial charge in [0, 0.05) is 38.6 Å². The van der Waals surface area contributed by atoms with Gasteiger partial charge in [-0.15, -0.1) is 0 Å². The van der Waals surface area contributed by atoms with Gasteiger partial charge in [0.2, 0.25) is 0 Å². The Hall–Kier alpha value is -3.29. The van der Waals surface area contributed by atoms with Crippen molar-refractivity contribution in [1.29, 1.82) is 0 Å². The molecule has 0 saturated heterocycles. The number of amides is 1. The molecule has 0 atom stereocenters. The van der Waals surface area contributed by atoms with E-state index in [2.05, 4.69) is 4.98 Å². The van der Waals surface area contributed by atoms with Crippen molar-refractivity contribution < 1.29 is 22.7 Å². The molecule has 3 rings (SSSR count). The van der Waals surface area contributed by atoms with Gasteiger partial charge in [-0.25, -0.2) is 4.98 Å². The fourth-order valence-corrected chi connectivity index (χ4v) is 2.74. The van der Waals surface area contributed by atoms with Crippen molar-refractivity contribution in [2.24, 2.45) is 7.05 Å². The lowest BCUT2D eigenvalue weighted by molar-refractivity contribution is -0.137. The van der Waals surface area contributed by atoms with Crippen molar-refractivity contribution in [3.63, 3.8) is 0 Å². The molecule has 0 unspecified atom stereocenters. The van der Waals surface area contributed by atoms with Gasteiger partial charge in [-0.3, -0.25) is 4.79 Å². The standard InChI is InChI=1S/C21H20F3N3O2/c1-26-12-11-25-19(26)14-29-18-9-5-16(6-10-18)20(28)27(2)13-15-3-7-17(8-4-15)21(22,23)24/h3-12H,13-14H2,1-2H3. The van der Waals surface area contributed by atoms with E-state index in [1.54, 1.807) is 37.5 Å². The Kier molecular flexibility index (Phi) is 5.91. The second-order valence-corrected chi connectivity index (χ2v) is 6.62. The molecular weight excluding hydrogens is 383 g/mol. The van der Waals surface area contributed by atoms with E-state index in [-0.39, 0.29) is 12.5 Å². The number of alkyl halides is 3. The van der Waals surface area contributed by atoms with Crippen molar-refractivity contribution in [3.8, 4) is 5.75 Å². The largest absolute Gasteiger partial charge is 0.486 e. The maximum atomic E-state index is 12.6. The number of aryl methyl sites for hydroxylation is 1. The zero-order chi connectivity index (χ0) is 21.0. The summed E-state index contributed by atoms with van der Waals surface area (Å²) in [6, 6.07) is 11.5. The summed E-state index contributed by atoms with van der Waals surface area (Å²) >= 11 is 0. The SMILES string of the molecule is CN(Cc1ccc(C(F)(F)F)cc1)C(=O)c1ccc(OCc2nccn2C)cc1. The van der Waals surface area contributed by atoms with E-state index < -0.39 is 11.7 Å². The first-order valence-electron chi connectivity index (χ1n) is 8.84. The van der Waals surface area contributed by atoms with E-state index in [1.165, 1.54) is 17.0 Å². The smallest absolute Gasteiger partial charge is 0.416 e. The zero-order valence-corrected chi connectivity index (χ0v) is 16.0. The van der Waals surface area contributed by atoms with Crippen LogP contribution < -0.4 is 4.74 Å². The summed E-state index contributed by atoms with van der Waals surface area (Å²) in [6.45, 7) is 0.513. The van der Waals surface area contributed by atoms with Crippen LogP contribution in [0.1, 0.15) is 27.3 Å². The van der Waals surface area contributed by atoms with Gasteiger partial charge in [0.05, 0.1) is 5.56 Å². The zero-order valence-electron chi connectivity index (χ0n) is 16.0. The first-order valence-corrected chi connectivity index (χ1v) is 8.84. The summed E-state index contributed by atoms with van der Waals surface area (Å²) < 4.78 is 45.4. The molecule has 152 valence electrons. The predicted octanol–water partition coefficient (Wildman–Crippen LogP) is 4.29. The van der Waals surface area contributed by atoms with Gasteiger partial charge < -0.3 is 14.2 Å². The number of imidazole rings is 1. The quantitative estimate of drug-likeness (QED) is 0.617. The Bertz CT molecular complexity index is 964. The number of halogens is 3. The van der Waals surface area contributed by atoms with E-state index in [1.807, 2.05) is 17.8 Å². The molecule has 2 aromatic carbocycles. The molecule has 5 nitrogen and oxygen atoms in total. The number of carbonyl (C=O) groups is 1. The van der Waals surface area contributed by atoms with Crippen molar-refractivity contribution in [3.05, 3.63) is 83.4 Å². The lowest BCUT2D eigenvalue weighted by Gasteiger charge is -2.18. The van der Waals surface area contributed by atoms with Crippen LogP contribution in [0, 0.1) is 0 Å². The van der Waals surface area contributed by atoms with Crippen molar-refractivity contribution in [2.45, 2.75) is 19.3 Å². The highest BCUT2D eigenvalue weighted by molar-refractivity contribution is 5.94. The first kappa shape index (κ1) is 20.4. The highest BCUT2D eigenvalue weighted by Gasteiger charge is 2.30. The third-order valence-electron chi connectivity index (χ3n) is 4.44. The second-order valence-electron chi connectivity index (χ2n) is 6.62. The van der Waals surface area contributed by atoms with Gasteiger partial charge in [0.25, 0.3) is 5.91 Å². The fourth-order valence-electron chi connectivity index (χ4n) is 2.74. The average molecular weight is 403 g/mol. The third kappa shape index (κ3) is 5.16. The molecule has 0 spiro atoms. The molecular formula is C21H20F3N3O2. The highest BCUT2D eigenvalue weighted by Crippen LogP contribution is 2.29. The van der Waals surface area contributed by atoms with Gasteiger partial charge >= 0.3 is 6.18 Å². The molecule has 0 fully saturated rings. The topological polar surface area (TPSA) is 47.4 Å². The monoisotopic (exact) mass is 403 g/mol. The normalized spacial score (nSPS) is 11.3. The lowest BCUT2D eigenvalue weighted by atomic mass is 10.1. The highest BCUT2D eigenvalue weighted by atomic mass is 19.4. The summed E-state index contributed by atoms with van der Waals surface area (Å²) in [7, 11) is 3.48. The molecule has 3 aromatic rings. The number of benzene rings is 2. The van der Waals surface area contributed by atoms with Gasteiger partial charge in [-0.1, -0.05) is 12.1 Å². The third-order valence-corrected chi connectivity index (χ3v) is 4.44. The number of hydrogen-bond acceptors (Lipinski definition) is 3. The molecule has 1 amide bonds. The maximum absolute atomic E-state index is 12.6. The van der Waals surface area contributed by atoms with Crippen LogP contribution in [-0.2, 0) is 26.4 Å². The summed E-state index contributed by atoms with van der Waals surface area (Å²) in [6.07, 6.45) is -0.861. The lowest BCUT2D eigenvalue weighted by Crippen LogP contribution is -2.26. The molecule has 1 heterocycles. The molecule has 0 aliphatic rings. The molecule has 0 aliphatic carbocycles. The molecule has 0 N–H and O–H groups in total. The summed E-state index contributed by atoms with van der Waals surface area (Å²) in [5.74, 6) is 1.15. The van der Waals surface area contributed by atoms with Crippen LogP contribution in [0.4, 0.5) is 13.2 Å². The number of nitrogens with zero attached hydrogens (tertiary/aromatic N) is 3. The van der Waals surface area contributed by atoms with Crippen LogP contribution in [0.2, 0.25) is 0 Å².